The molecule has 0 saturated heterocycles. The van der Waals surface area contributed by atoms with Gasteiger partial charge in [0.05, 0.1) is 19.8 Å². The Morgan fingerprint density at radius 2 is 1.57 bits per heavy atom. The van der Waals surface area contributed by atoms with Crippen molar-refractivity contribution in [1.29, 1.82) is 0 Å². The highest BCUT2D eigenvalue weighted by atomic mass is 16.5. The number of methoxy groups -OCH3 is 2. The second-order valence-electron chi connectivity index (χ2n) is 4.32. The third kappa shape index (κ3) is 3.42. The molecule has 2 aromatic rings. The first-order valence-corrected chi connectivity index (χ1v) is 6.38. The van der Waals surface area contributed by atoms with Crippen LogP contribution in [0.25, 0.3) is 6.08 Å². The maximum atomic E-state index is 12.1. The van der Waals surface area contributed by atoms with Crippen LogP contribution in [0.15, 0.2) is 48.5 Å². The van der Waals surface area contributed by atoms with Crippen LogP contribution in [-0.2, 0) is 0 Å². The molecule has 4 nitrogen and oxygen atoms in total. The zero-order valence-corrected chi connectivity index (χ0v) is 11.9. The molecule has 0 aromatic heterocycles. The number of phenolic OH excluding ortho intramolecular Hbond substituents is 1. The van der Waals surface area contributed by atoms with Gasteiger partial charge in [-0.3, -0.25) is 4.79 Å². The lowest BCUT2D eigenvalue weighted by molar-refractivity contribution is 0.104. The van der Waals surface area contributed by atoms with Gasteiger partial charge in [-0.1, -0.05) is 6.07 Å². The van der Waals surface area contributed by atoms with E-state index in [9.17, 15) is 9.90 Å². The maximum absolute atomic E-state index is 12.1. The molecule has 0 unspecified atom stereocenters. The van der Waals surface area contributed by atoms with Gasteiger partial charge in [0.25, 0.3) is 0 Å². The smallest absolute Gasteiger partial charge is 0.185 e. The number of hydrogen-bond acceptors (Lipinski definition) is 4. The van der Waals surface area contributed by atoms with Crippen molar-refractivity contribution in [2.24, 2.45) is 0 Å². The first kappa shape index (κ1) is 14.7. The Bertz CT molecular complexity index is 635. The SMILES string of the molecule is COc1cccc(OC)c1/C=C/C(=O)c1ccc(O)cc1. The third-order valence-corrected chi connectivity index (χ3v) is 3.02. The van der Waals surface area contributed by atoms with E-state index in [1.54, 1.807) is 44.6 Å². The zero-order chi connectivity index (χ0) is 15.2. The van der Waals surface area contributed by atoms with Crippen molar-refractivity contribution in [2.45, 2.75) is 0 Å². The van der Waals surface area contributed by atoms with E-state index in [1.165, 1.54) is 18.2 Å². The molecule has 1 N–H and O–H groups in total. The molecular formula is C17H16O4. The molecule has 2 rings (SSSR count). The van der Waals surface area contributed by atoms with Gasteiger partial charge in [0, 0.05) is 5.56 Å². The molecule has 0 spiro atoms. The minimum absolute atomic E-state index is 0.127. The summed E-state index contributed by atoms with van der Waals surface area (Å²) >= 11 is 0. The van der Waals surface area contributed by atoms with Crippen LogP contribution in [0.1, 0.15) is 15.9 Å². The number of ether oxygens (including phenoxy) is 2. The standard InChI is InChI=1S/C17H16O4/c1-20-16-4-3-5-17(21-2)14(16)10-11-15(19)12-6-8-13(18)9-7-12/h3-11,18H,1-2H3/b11-10+. The topological polar surface area (TPSA) is 55.8 Å². The summed E-state index contributed by atoms with van der Waals surface area (Å²) in [5.74, 6) is 1.22. The Kier molecular flexibility index (Phi) is 4.61. The first-order chi connectivity index (χ1) is 10.2. The molecule has 2 aromatic carbocycles. The number of carbonyl (C=O) groups excluding carboxylic acids is 1. The van der Waals surface area contributed by atoms with Crippen molar-refractivity contribution in [3.63, 3.8) is 0 Å². The Labute approximate surface area is 123 Å². The van der Waals surface area contributed by atoms with E-state index in [4.69, 9.17) is 9.47 Å². The fourth-order valence-corrected chi connectivity index (χ4v) is 1.93. The summed E-state index contributed by atoms with van der Waals surface area (Å²) < 4.78 is 10.5. The summed E-state index contributed by atoms with van der Waals surface area (Å²) in [5.41, 5.74) is 1.20. The first-order valence-electron chi connectivity index (χ1n) is 6.38. The molecule has 0 fully saturated rings. The van der Waals surface area contributed by atoms with Crippen LogP contribution < -0.4 is 9.47 Å². The third-order valence-electron chi connectivity index (χ3n) is 3.02. The van der Waals surface area contributed by atoms with Crippen LogP contribution >= 0.6 is 0 Å². The predicted molar refractivity (Wildman–Crippen MR) is 81.0 cm³/mol. The molecule has 0 aliphatic rings. The zero-order valence-electron chi connectivity index (χ0n) is 11.9. The van der Waals surface area contributed by atoms with E-state index in [0.29, 0.717) is 22.6 Å². The molecule has 0 amide bonds. The summed E-state index contributed by atoms with van der Waals surface area (Å²) in [4.78, 5) is 12.1. The number of ketones is 1. The number of hydrogen-bond donors (Lipinski definition) is 1. The second-order valence-corrected chi connectivity index (χ2v) is 4.32. The van der Waals surface area contributed by atoms with Gasteiger partial charge in [-0.2, -0.15) is 0 Å². The lowest BCUT2D eigenvalue weighted by Gasteiger charge is -2.09. The molecule has 0 heterocycles. The molecule has 21 heavy (non-hydrogen) atoms. The Balaban J connectivity index is 2.28. The van der Waals surface area contributed by atoms with Gasteiger partial charge >= 0.3 is 0 Å². The van der Waals surface area contributed by atoms with Crippen molar-refractivity contribution >= 4 is 11.9 Å². The van der Waals surface area contributed by atoms with E-state index in [2.05, 4.69) is 0 Å². The van der Waals surface area contributed by atoms with Crippen LogP contribution in [0.5, 0.6) is 17.2 Å². The van der Waals surface area contributed by atoms with Crippen molar-refractivity contribution in [2.75, 3.05) is 14.2 Å². The number of rotatable bonds is 5. The maximum Gasteiger partial charge on any atom is 0.185 e. The van der Waals surface area contributed by atoms with E-state index >= 15 is 0 Å². The molecule has 108 valence electrons. The predicted octanol–water partition coefficient (Wildman–Crippen LogP) is 3.31. The van der Waals surface area contributed by atoms with Crippen molar-refractivity contribution < 1.29 is 19.4 Å². The molecule has 0 bridgehead atoms. The fraction of sp³-hybridized carbons (Fsp3) is 0.118. The van der Waals surface area contributed by atoms with Gasteiger partial charge in [-0.15, -0.1) is 0 Å². The van der Waals surface area contributed by atoms with Gasteiger partial charge in [-0.05, 0) is 48.6 Å². The Morgan fingerprint density at radius 3 is 2.10 bits per heavy atom. The number of allylic oxidation sites excluding steroid dienone is 1. The molecule has 4 heteroatoms. The van der Waals surface area contributed by atoms with Crippen LogP contribution in [-0.4, -0.2) is 25.1 Å². The molecule has 0 radical (unpaired) electrons. The lowest BCUT2D eigenvalue weighted by atomic mass is 10.1. The van der Waals surface area contributed by atoms with Crippen LogP contribution in [0.3, 0.4) is 0 Å². The van der Waals surface area contributed by atoms with Crippen molar-refractivity contribution in [3.8, 4) is 17.2 Å². The molecule has 0 atom stereocenters. The van der Waals surface area contributed by atoms with E-state index in [1.807, 2.05) is 6.07 Å². The highest BCUT2D eigenvalue weighted by molar-refractivity contribution is 6.07. The minimum Gasteiger partial charge on any atom is -0.508 e. The average molecular weight is 284 g/mol. The highest BCUT2D eigenvalue weighted by Gasteiger charge is 2.08. The van der Waals surface area contributed by atoms with Crippen LogP contribution in [0.4, 0.5) is 0 Å². The van der Waals surface area contributed by atoms with Gasteiger partial charge < -0.3 is 14.6 Å². The molecule has 0 aliphatic carbocycles. The summed E-state index contributed by atoms with van der Waals surface area (Å²) in [6.45, 7) is 0. The monoisotopic (exact) mass is 284 g/mol. The van der Waals surface area contributed by atoms with E-state index < -0.39 is 0 Å². The lowest BCUT2D eigenvalue weighted by Crippen LogP contribution is -1.95. The largest absolute Gasteiger partial charge is 0.508 e. The van der Waals surface area contributed by atoms with Crippen molar-refractivity contribution in [3.05, 3.63) is 59.7 Å². The van der Waals surface area contributed by atoms with Crippen molar-refractivity contribution in [1.82, 2.24) is 0 Å². The minimum atomic E-state index is -0.164. The molecule has 0 saturated carbocycles. The van der Waals surface area contributed by atoms with E-state index in [-0.39, 0.29) is 11.5 Å². The van der Waals surface area contributed by atoms with Crippen LogP contribution in [0, 0.1) is 0 Å². The highest BCUT2D eigenvalue weighted by Crippen LogP contribution is 2.29. The Hall–Kier alpha value is -2.75. The summed E-state index contributed by atoms with van der Waals surface area (Å²) in [7, 11) is 3.13. The van der Waals surface area contributed by atoms with E-state index in [0.717, 1.165) is 0 Å². The Morgan fingerprint density at radius 1 is 1.00 bits per heavy atom. The number of carbonyl (C=O) groups is 1. The van der Waals surface area contributed by atoms with Gasteiger partial charge in [0.15, 0.2) is 5.78 Å². The normalized spacial score (nSPS) is 10.6. The van der Waals surface area contributed by atoms with Gasteiger partial charge in [0.2, 0.25) is 0 Å². The molecular weight excluding hydrogens is 268 g/mol. The number of aromatic hydroxyl groups is 1. The number of benzene rings is 2. The fourth-order valence-electron chi connectivity index (χ4n) is 1.93. The van der Waals surface area contributed by atoms with Crippen LogP contribution in [0.2, 0.25) is 0 Å². The summed E-state index contributed by atoms with van der Waals surface area (Å²) in [6.07, 6.45) is 3.11. The summed E-state index contributed by atoms with van der Waals surface area (Å²) in [6, 6.07) is 11.5. The molecule has 0 aliphatic heterocycles. The van der Waals surface area contributed by atoms with Gasteiger partial charge in [0.1, 0.15) is 17.2 Å². The quantitative estimate of drug-likeness (QED) is 0.676. The summed E-state index contributed by atoms with van der Waals surface area (Å²) in [5, 5.41) is 9.22. The van der Waals surface area contributed by atoms with Gasteiger partial charge in [-0.25, -0.2) is 0 Å². The second kappa shape index (κ2) is 6.61. The number of phenols is 1. The average Bonchev–Trinajstić information content (AvgIpc) is 2.52.